The second-order valence-electron chi connectivity index (χ2n) is 5.64. The van der Waals surface area contributed by atoms with Crippen LogP contribution in [0.1, 0.15) is 18.7 Å². The van der Waals surface area contributed by atoms with E-state index in [4.69, 9.17) is 16.3 Å². The molecule has 0 saturated carbocycles. The third-order valence-corrected chi connectivity index (χ3v) is 5.91. The molecule has 0 amide bonds. The Morgan fingerprint density at radius 2 is 2.17 bits per heavy atom. The zero-order valence-electron chi connectivity index (χ0n) is 13.2. The second kappa shape index (κ2) is 7.04. The molecule has 1 aliphatic rings. The Balaban J connectivity index is 1.75. The van der Waals surface area contributed by atoms with E-state index in [1.165, 1.54) is 10.4 Å². The van der Waals surface area contributed by atoms with Crippen LogP contribution in [0.15, 0.2) is 41.4 Å². The van der Waals surface area contributed by atoms with E-state index in [2.05, 4.69) is 9.97 Å². The second-order valence-corrected chi connectivity index (χ2v) is 8.02. The quantitative estimate of drug-likeness (QED) is 0.830. The lowest BCUT2D eigenvalue weighted by atomic mass is 10.1. The van der Waals surface area contributed by atoms with Crippen molar-refractivity contribution in [3.05, 3.63) is 47.4 Å². The number of nitrogens with zero attached hydrogens (tertiary/aromatic N) is 3. The summed E-state index contributed by atoms with van der Waals surface area (Å²) >= 11 is 5.92. The Kier molecular flexibility index (Phi) is 5.03. The molecule has 0 N–H and O–H groups in total. The molecule has 1 aliphatic heterocycles. The molecule has 0 radical (unpaired) electrons. The number of piperidine rings is 1. The molecule has 1 aromatic carbocycles. The van der Waals surface area contributed by atoms with Gasteiger partial charge in [-0.3, -0.25) is 0 Å². The predicted octanol–water partition coefficient (Wildman–Crippen LogP) is 2.67. The van der Waals surface area contributed by atoms with Gasteiger partial charge in [0.2, 0.25) is 15.9 Å². The highest BCUT2D eigenvalue weighted by Crippen LogP contribution is 2.24. The third-order valence-electron chi connectivity index (χ3n) is 3.81. The van der Waals surface area contributed by atoms with Crippen LogP contribution in [0.25, 0.3) is 0 Å². The summed E-state index contributed by atoms with van der Waals surface area (Å²) in [5.74, 6) is 1.08. The van der Waals surface area contributed by atoms with Gasteiger partial charge in [-0.15, -0.1) is 0 Å². The van der Waals surface area contributed by atoms with E-state index in [0.717, 1.165) is 12.8 Å². The van der Waals surface area contributed by atoms with Crippen molar-refractivity contribution in [1.29, 1.82) is 0 Å². The highest BCUT2D eigenvalue weighted by Gasteiger charge is 2.31. The van der Waals surface area contributed by atoms with Crippen molar-refractivity contribution in [1.82, 2.24) is 14.3 Å². The van der Waals surface area contributed by atoms with E-state index in [9.17, 15) is 8.42 Å². The number of hydrogen-bond donors (Lipinski definition) is 0. The smallest absolute Gasteiger partial charge is 0.243 e. The van der Waals surface area contributed by atoms with Crippen molar-refractivity contribution < 1.29 is 13.2 Å². The SMILES string of the molecule is Cc1nccc(OC2CCCN(S(=O)(=O)c3cccc(Cl)c3)C2)n1. The average Bonchev–Trinajstić information content (AvgIpc) is 2.55. The van der Waals surface area contributed by atoms with E-state index >= 15 is 0 Å². The number of rotatable bonds is 4. The number of benzene rings is 1. The van der Waals surface area contributed by atoms with Crippen LogP contribution >= 0.6 is 11.6 Å². The van der Waals surface area contributed by atoms with Crippen molar-refractivity contribution in [3.8, 4) is 5.88 Å². The van der Waals surface area contributed by atoms with Crippen LogP contribution in [0.2, 0.25) is 5.02 Å². The van der Waals surface area contributed by atoms with E-state index in [-0.39, 0.29) is 17.5 Å². The molecule has 0 bridgehead atoms. The van der Waals surface area contributed by atoms with Crippen molar-refractivity contribution in [2.45, 2.75) is 30.8 Å². The van der Waals surface area contributed by atoms with Crippen LogP contribution in [0.3, 0.4) is 0 Å². The van der Waals surface area contributed by atoms with Crippen molar-refractivity contribution in [2.75, 3.05) is 13.1 Å². The van der Waals surface area contributed by atoms with Gasteiger partial charge in [-0.1, -0.05) is 17.7 Å². The number of sulfonamides is 1. The van der Waals surface area contributed by atoms with Crippen molar-refractivity contribution in [2.24, 2.45) is 0 Å². The highest BCUT2D eigenvalue weighted by atomic mass is 35.5. The molecule has 8 heteroatoms. The normalized spacial score (nSPS) is 19.2. The summed E-state index contributed by atoms with van der Waals surface area (Å²) in [5.41, 5.74) is 0. The summed E-state index contributed by atoms with van der Waals surface area (Å²) in [6, 6.07) is 7.99. The maximum Gasteiger partial charge on any atom is 0.243 e. The minimum Gasteiger partial charge on any atom is -0.473 e. The third kappa shape index (κ3) is 3.85. The molecular weight excluding hydrogens is 350 g/mol. The first kappa shape index (κ1) is 17.1. The topological polar surface area (TPSA) is 72.4 Å². The van der Waals surface area contributed by atoms with Crippen LogP contribution in [0.5, 0.6) is 5.88 Å². The average molecular weight is 368 g/mol. The summed E-state index contributed by atoms with van der Waals surface area (Å²) in [6.45, 7) is 2.54. The molecule has 128 valence electrons. The number of halogens is 1. The number of aromatic nitrogens is 2. The molecule has 24 heavy (non-hydrogen) atoms. The Bertz CT molecular complexity index is 829. The fourth-order valence-corrected chi connectivity index (χ4v) is 4.48. The van der Waals surface area contributed by atoms with Gasteiger partial charge >= 0.3 is 0 Å². The summed E-state index contributed by atoms with van der Waals surface area (Å²) in [5, 5.41) is 0.400. The van der Waals surface area contributed by atoms with Crippen LogP contribution in [-0.4, -0.2) is 41.9 Å². The number of aryl methyl sites for hydroxylation is 1. The predicted molar refractivity (Wildman–Crippen MR) is 90.6 cm³/mol. The molecule has 1 unspecified atom stereocenters. The maximum atomic E-state index is 12.8. The Hall–Kier alpha value is -1.70. The summed E-state index contributed by atoms with van der Waals surface area (Å²) in [7, 11) is -3.58. The van der Waals surface area contributed by atoms with Gasteiger partial charge in [0.25, 0.3) is 0 Å². The molecule has 2 aromatic rings. The summed E-state index contributed by atoms with van der Waals surface area (Å²) < 4.78 is 32.8. The largest absolute Gasteiger partial charge is 0.473 e. The van der Waals surface area contributed by atoms with Crippen LogP contribution in [0.4, 0.5) is 0 Å². The molecule has 1 atom stereocenters. The standard InChI is InChI=1S/C16H18ClN3O3S/c1-12-18-8-7-16(19-12)23-14-5-3-9-20(11-14)24(21,22)15-6-2-4-13(17)10-15/h2,4,6-8,10,14H,3,5,9,11H2,1H3. The van der Waals surface area contributed by atoms with Gasteiger partial charge < -0.3 is 4.74 Å². The Morgan fingerprint density at radius 3 is 2.92 bits per heavy atom. The molecule has 6 nitrogen and oxygen atoms in total. The van der Waals surface area contributed by atoms with Gasteiger partial charge in [-0.2, -0.15) is 9.29 Å². The highest BCUT2D eigenvalue weighted by molar-refractivity contribution is 7.89. The van der Waals surface area contributed by atoms with Gasteiger partial charge in [0, 0.05) is 23.8 Å². The Morgan fingerprint density at radius 1 is 1.33 bits per heavy atom. The summed E-state index contributed by atoms with van der Waals surface area (Å²) in [4.78, 5) is 8.43. The molecule has 2 heterocycles. The van der Waals surface area contributed by atoms with Gasteiger partial charge in [0.1, 0.15) is 11.9 Å². The molecule has 1 saturated heterocycles. The zero-order chi connectivity index (χ0) is 17.2. The van der Waals surface area contributed by atoms with E-state index in [0.29, 0.717) is 23.3 Å². The minimum absolute atomic E-state index is 0.202. The molecule has 0 spiro atoms. The van der Waals surface area contributed by atoms with E-state index in [1.54, 1.807) is 37.4 Å². The van der Waals surface area contributed by atoms with Crippen LogP contribution in [-0.2, 0) is 10.0 Å². The monoisotopic (exact) mass is 367 g/mol. The van der Waals surface area contributed by atoms with Crippen molar-refractivity contribution >= 4 is 21.6 Å². The first-order valence-corrected chi connectivity index (χ1v) is 9.49. The number of ether oxygens (including phenoxy) is 1. The van der Waals surface area contributed by atoms with E-state index < -0.39 is 10.0 Å². The lowest BCUT2D eigenvalue weighted by Gasteiger charge is -2.31. The molecular formula is C16H18ClN3O3S. The molecule has 0 aliphatic carbocycles. The fourth-order valence-electron chi connectivity index (χ4n) is 2.67. The van der Waals surface area contributed by atoms with Crippen LogP contribution in [0, 0.1) is 6.92 Å². The maximum absolute atomic E-state index is 12.8. The van der Waals surface area contributed by atoms with Gasteiger partial charge in [-0.05, 0) is 38.0 Å². The van der Waals surface area contributed by atoms with Gasteiger partial charge in [0.05, 0.1) is 11.4 Å². The Labute approximate surface area is 146 Å². The van der Waals surface area contributed by atoms with Crippen molar-refractivity contribution in [3.63, 3.8) is 0 Å². The zero-order valence-corrected chi connectivity index (χ0v) is 14.8. The minimum atomic E-state index is -3.58. The fraction of sp³-hybridized carbons (Fsp3) is 0.375. The first-order chi connectivity index (χ1) is 11.4. The molecule has 1 aromatic heterocycles. The van der Waals surface area contributed by atoms with Gasteiger partial charge in [0.15, 0.2) is 0 Å². The van der Waals surface area contributed by atoms with Gasteiger partial charge in [-0.25, -0.2) is 13.4 Å². The first-order valence-electron chi connectivity index (χ1n) is 7.67. The lowest BCUT2D eigenvalue weighted by Crippen LogP contribution is -2.44. The molecule has 3 rings (SSSR count). The van der Waals surface area contributed by atoms with Crippen LogP contribution < -0.4 is 4.74 Å². The van der Waals surface area contributed by atoms with E-state index in [1.807, 2.05) is 0 Å². The summed E-state index contributed by atoms with van der Waals surface area (Å²) in [6.07, 6.45) is 2.90. The lowest BCUT2D eigenvalue weighted by molar-refractivity contribution is 0.124. The number of hydrogen-bond acceptors (Lipinski definition) is 5. The molecule has 1 fully saturated rings.